The molecule has 0 fully saturated rings. The zero-order chi connectivity index (χ0) is 13.3. The summed E-state index contributed by atoms with van der Waals surface area (Å²) in [6, 6.07) is 1.10. The van der Waals surface area contributed by atoms with Crippen LogP contribution in [0.2, 0.25) is 5.15 Å². The summed E-state index contributed by atoms with van der Waals surface area (Å²) in [4.78, 5) is 3.75. The summed E-state index contributed by atoms with van der Waals surface area (Å²) in [7, 11) is 1.23. The highest BCUT2D eigenvalue weighted by Crippen LogP contribution is 2.24. The first-order valence-electron chi connectivity index (χ1n) is 5.18. The number of pyridine rings is 1. The standard InChI is InChI=1S/C11H15BClFNO2/c1-10(2,16)11(3,4)17-12-7-6-15-9(13)5-8(7)14/h5-6,16H,1-4H3. The molecule has 0 saturated carbocycles. The molecule has 1 N–H and O–H groups in total. The van der Waals surface area contributed by atoms with Gasteiger partial charge < -0.3 is 9.76 Å². The predicted octanol–water partition coefficient (Wildman–Crippen LogP) is 1.68. The molecule has 93 valence electrons. The molecule has 0 atom stereocenters. The molecule has 3 nitrogen and oxygen atoms in total. The molecule has 0 spiro atoms. The van der Waals surface area contributed by atoms with E-state index in [1.54, 1.807) is 27.7 Å². The maximum atomic E-state index is 13.4. The Balaban J connectivity index is 2.74. The quantitative estimate of drug-likeness (QED) is 0.660. The molecule has 0 bridgehead atoms. The maximum Gasteiger partial charge on any atom is 0.335 e. The fraction of sp³-hybridized carbons (Fsp3) is 0.545. The summed E-state index contributed by atoms with van der Waals surface area (Å²) in [5.74, 6) is -0.517. The van der Waals surface area contributed by atoms with Crippen LogP contribution in [0.3, 0.4) is 0 Å². The van der Waals surface area contributed by atoms with Crippen LogP contribution in [0.5, 0.6) is 0 Å². The Hall–Kier alpha value is -0.645. The molecule has 1 radical (unpaired) electrons. The van der Waals surface area contributed by atoms with Crippen molar-refractivity contribution in [2.75, 3.05) is 0 Å². The molecular formula is C11H15BClFNO2. The van der Waals surface area contributed by atoms with E-state index in [0.717, 1.165) is 6.07 Å². The van der Waals surface area contributed by atoms with Crippen molar-refractivity contribution < 1.29 is 14.2 Å². The molecule has 1 heterocycles. The first-order valence-corrected chi connectivity index (χ1v) is 5.56. The summed E-state index contributed by atoms with van der Waals surface area (Å²) >= 11 is 5.53. The Labute approximate surface area is 106 Å². The molecule has 0 amide bonds. The minimum Gasteiger partial charge on any atom is -0.426 e. The molecular weight excluding hydrogens is 243 g/mol. The number of aromatic nitrogens is 1. The number of aliphatic hydroxyl groups is 1. The molecule has 0 aromatic carbocycles. The lowest BCUT2D eigenvalue weighted by molar-refractivity contribution is -0.0893. The molecule has 6 heteroatoms. The van der Waals surface area contributed by atoms with Gasteiger partial charge in [0.2, 0.25) is 0 Å². The van der Waals surface area contributed by atoms with Crippen molar-refractivity contribution >= 4 is 24.5 Å². The number of rotatable bonds is 4. The Bertz CT molecular complexity index is 407. The van der Waals surface area contributed by atoms with Crippen molar-refractivity contribution in [1.29, 1.82) is 0 Å². The largest absolute Gasteiger partial charge is 0.426 e. The second-order valence-electron chi connectivity index (χ2n) is 4.83. The van der Waals surface area contributed by atoms with Gasteiger partial charge in [-0.2, -0.15) is 0 Å². The molecule has 17 heavy (non-hydrogen) atoms. The Kier molecular flexibility index (Phi) is 4.17. The van der Waals surface area contributed by atoms with Gasteiger partial charge in [-0.25, -0.2) is 9.37 Å². The lowest BCUT2D eigenvalue weighted by atomic mass is 9.83. The normalized spacial score (nSPS) is 12.6. The lowest BCUT2D eigenvalue weighted by Gasteiger charge is -2.37. The second-order valence-corrected chi connectivity index (χ2v) is 5.22. The highest BCUT2D eigenvalue weighted by molar-refractivity contribution is 6.47. The third-order valence-electron chi connectivity index (χ3n) is 2.80. The van der Waals surface area contributed by atoms with E-state index in [2.05, 4.69) is 4.98 Å². The molecule has 0 aliphatic heterocycles. The smallest absolute Gasteiger partial charge is 0.335 e. The predicted molar refractivity (Wildman–Crippen MR) is 66.1 cm³/mol. The van der Waals surface area contributed by atoms with Crippen molar-refractivity contribution in [3.8, 4) is 0 Å². The van der Waals surface area contributed by atoms with E-state index in [1.165, 1.54) is 13.7 Å². The number of halogens is 2. The van der Waals surface area contributed by atoms with Crippen molar-refractivity contribution in [2.24, 2.45) is 0 Å². The van der Waals surface area contributed by atoms with Gasteiger partial charge in [0, 0.05) is 17.7 Å². The Morgan fingerprint density at radius 3 is 2.47 bits per heavy atom. The van der Waals surface area contributed by atoms with E-state index in [0.29, 0.717) is 0 Å². The summed E-state index contributed by atoms with van der Waals surface area (Å²) in [6.07, 6.45) is 1.28. The van der Waals surface area contributed by atoms with Crippen LogP contribution in [0.1, 0.15) is 27.7 Å². The Morgan fingerprint density at radius 1 is 1.41 bits per heavy atom. The van der Waals surface area contributed by atoms with Crippen LogP contribution >= 0.6 is 11.6 Å². The van der Waals surface area contributed by atoms with Gasteiger partial charge in [-0.3, -0.25) is 0 Å². The first kappa shape index (κ1) is 14.4. The molecule has 0 aliphatic carbocycles. The van der Waals surface area contributed by atoms with Gasteiger partial charge in [-0.05, 0) is 27.7 Å². The third-order valence-corrected chi connectivity index (χ3v) is 3.01. The van der Waals surface area contributed by atoms with Gasteiger partial charge in [0.05, 0.1) is 11.2 Å². The summed E-state index contributed by atoms with van der Waals surface area (Å²) < 4.78 is 18.8. The van der Waals surface area contributed by atoms with E-state index in [1.807, 2.05) is 0 Å². The third kappa shape index (κ3) is 3.66. The van der Waals surface area contributed by atoms with Crippen molar-refractivity contribution in [2.45, 2.75) is 38.9 Å². The zero-order valence-electron chi connectivity index (χ0n) is 10.3. The van der Waals surface area contributed by atoms with Crippen LogP contribution in [-0.4, -0.2) is 28.8 Å². The molecule has 1 aromatic rings. The van der Waals surface area contributed by atoms with Crippen LogP contribution in [0.15, 0.2) is 12.3 Å². The lowest BCUT2D eigenvalue weighted by Crippen LogP contribution is -2.49. The summed E-state index contributed by atoms with van der Waals surface area (Å²) in [5, 5.41) is 9.95. The molecule has 0 saturated heterocycles. The minimum atomic E-state index is -1.06. The maximum absolute atomic E-state index is 13.4. The SMILES string of the molecule is CC(C)(O)C(C)(C)O[B]c1cnc(Cl)cc1F. The van der Waals surface area contributed by atoms with Gasteiger partial charge in [0.15, 0.2) is 0 Å². The van der Waals surface area contributed by atoms with E-state index in [9.17, 15) is 9.50 Å². The van der Waals surface area contributed by atoms with E-state index < -0.39 is 17.0 Å². The van der Waals surface area contributed by atoms with Crippen LogP contribution < -0.4 is 5.46 Å². The van der Waals surface area contributed by atoms with Crippen molar-refractivity contribution in [3.63, 3.8) is 0 Å². The number of hydrogen-bond donors (Lipinski definition) is 1. The van der Waals surface area contributed by atoms with Gasteiger partial charge >= 0.3 is 7.48 Å². The number of hydrogen-bond acceptors (Lipinski definition) is 3. The highest BCUT2D eigenvalue weighted by atomic mass is 35.5. The Morgan fingerprint density at radius 2 is 2.00 bits per heavy atom. The summed E-state index contributed by atoms with van der Waals surface area (Å²) in [5.41, 5.74) is -1.72. The van der Waals surface area contributed by atoms with Crippen LogP contribution in [0.25, 0.3) is 0 Å². The molecule has 0 aliphatic rings. The van der Waals surface area contributed by atoms with E-state index in [-0.39, 0.29) is 10.6 Å². The summed E-state index contributed by atoms with van der Waals surface area (Å²) in [6.45, 7) is 6.67. The molecule has 0 unspecified atom stereocenters. The monoisotopic (exact) mass is 258 g/mol. The highest BCUT2D eigenvalue weighted by Gasteiger charge is 2.35. The van der Waals surface area contributed by atoms with Gasteiger partial charge in [-0.1, -0.05) is 11.6 Å². The molecule has 1 aromatic heterocycles. The first-order chi connectivity index (χ1) is 7.63. The van der Waals surface area contributed by atoms with Crippen LogP contribution in [0, 0.1) is 5.82 Å². The van der Waals surface area contributed by atoms with Crippen molar-refractivity contribution in [3.05, 3.63) is 23.2 Å². The fourth-order valence-electron chi connectivity index (χ4n) is 0.860. The average molecular weight is 259 g/mol. The minimum absolute atomic E-state index is 0.0846. The van der Waals surface area contributed by atoms with Gasteiger partial charge in [0.25, 0.3) is 0 Å². The van der Waals surface area contributed by atoms with Crippen LogP contribution in [0.4, 0.5) is 4.39 Å². The van der Waals surface area contributed by atoms with E-state index in [4.69, 9.17) is 16.3 Å². The fourth-order valence-corrected chi connectivity index (χ4v) is 1.00. The zero-order valence-corrected chi connectivity index (χ0v) is 11.0. The van der Waals surface area contributed by atoms with Crippen molar-refractivity contribution in [1.82, 2.24) is 4.98 Å². The molecule has 1 rings (SSSR count). The average Bonchev–Trinajstić information content (AvgIpc) is 2.14. The van der Waals surface area contributed by atoms with Gasteiger partial charge in [-0.15, -0.1) is 0 Å². The topological polar surface area (TPSA) is 42.4 Å². The number of nitrogens with zero attached hydrogens (tertiary/aromatic N) is 1. The van der Waals surface area contributed by atoms with Gasteiger partial charge in [0.1, 0.15) is 11.0 Å². The second kappa shape index (κ2) is 4.92. The van der Waals surface area contributed by atoms with Crippen LogP contribution in [-0.2, 0) is 4.65 Å². The van der Waals surface area contributed by atoms with E-state index >= 15 is 0 Å².